The Hall–Kier alpha value is -3.35. The van der Waals surface area contributed by atoms with Crippen molar-refractivity contribution in [1.82, 2.24) is 4.98 Å². The fourth-order valence-electron chi connectivity index (χ4n) is 2.51. The Morgan fingerprint density at radius 1 is 0.964 bits per heavy atom. The number of anilines is 2. The fourth-order valence-corrected chi connectivity index (χ4v) is 2.51. The highest BCUT2D eigenvalue weighted by Gasteiger charge is 2.30. The highest BCUT2D eigenvalue weighted by Crippen LogP contribution is 2.29. The summed E-state index contributed by atoms with van der Waals surface area (Å²) in [6, 6.07) is 15.7. The highest BCUT2D eigenvalue weighted by atomic mass is 19.4. The summed E-state index contributed by atoms with van der Waals surface area (Å²) in [6.07, 6.45) is -2.92. The molecule has 3 aromatic rings. The minimum Gasteiger partial charge on any atom is -0.381 e. The number of carbonyl (C=O) groups excluding carboxylic acids is 1. The molecule has 144 valence electrons. The van der Waals surface area contributed by atoms with Crippen LogP contribution in [0.1, 0.15) is 27.2 Å². The first kappa shape index (κ1) is 19.4. The zero-order chi connectivity index (χ0) is 20.1. The van der Waals surface area contributed by atoms with Crippen LogP contribution in [-0.2, 0) is 12.7 Å². The summed E-state index contributed by atoms with van der Waals surface area (Å²) >= 11 is 0. The van der Waals surface area contributed by atoms with E-state index >= 15 is 0 Å². The largest absolute Gasteiger partial charge is 0.416 e. The maximum Gasteiger partial charge on any atom is 0.416 e. The number of halogens is 3. The molecule has 2 aromatic carbocycles. The van der Waals surface area contributed by atoms with Gasteiger partial charge in [-0.15, -0.1) is 0 Å². The Kier molecular flexibility index (Phi) is 5.63. The first-order valence-corrected chi connectivity index (χ1v) is 8.55. The lowest BCUT2D eigenvalue weighted by atomic mass is 10.1. The molecule has 0 saturated carbocycles. The van der Waals surface area contributed by atoms with Crippen molar-refractivity contribution in [2.45, 2.75) is 19.6 Å². The zero-order valence-corrected chi connectivity index (χ0v) is 15.0. The quantitative estimate of drug-likeness (QED) is 0.629. The highest BCUT2D eigenvalue weighted by molar-refractivity contribution is 6.03. The molecule has 0 atom stereocenters. The van der Waals surface area contributed by atoms with Crippen molar-refractivity contribution < 1.29 is 18.0 Å². The van der Waals surface area contributed by atoms with Crippen LogP contribution in [0.4, 0.5) is 24.5 Å². The van der Waals surface area contributed by atoms with Crippen LogP contribution in [0, 0.1) is 6.92 Å². The molecule has 0 aliphatic rings. The van der Waals surface area contributed by atoms with E-state index in [1.807, 2.05) is 31.2 Å². The van der Waals surface area contributed by atoms with Crippen molar-refractivity contribution in [1.29, 1.82) is 0 Å². The SMILES string of the molecule is Cc1ccc(CNc2ccnc(C(=O)Nc3ccc(C(F)(F)F)cc3)c2)cc1. The summed E-state index contributed by atoms with van der Waals surface area (Å²) in [7, 11) is 0. The van der Waals surface area contributed by atoms with Crippen LogP contribution in [0.5, 0.6) is 0 Å². The molecule has 0 bridgehead atoms. The molecule has 0 radical (unpaired) electrons. The van der Waals surface area contributed by atoms with Gasteiger partial charge in [-0.05, 0) is 48.9 Å². The number of carbonyl (C=O) groups is 1. The van der Waals surface area contributed by atoms with E-state index in [1.54, 1.807) is 12.1 Å². The van der Waals surface area contributed by atoms with Gasteiger partial charge in [0.1, 0.15) is 5.69 Å². The van der Waals surface area contributed by atoms with Gasteiger partial charge in [-0.1, -0.05) is 29.8 Å². The van der Waals surface area contributed by atoms with E-state index in [9.17, 15) is 18.0 Å². The topological polar surface area (TPSA) is 54.0 Å². The van der Waals surface area contributed by atoms with Crippen LogP contribution >= 0.6 is 0 Å². The van der Waals surface area contributed by atoms with E-state index in [2.05, 4.69) is 15.6 Å². The van der Waals surface area contributed by atoms with Gasteiger partial charge in [0.2, 0.25) is 0 Å². The van der Waals surface area contributed by atoms with Crippen LogP contribution in [0.2, 0.25) is 0 Å². The van der Waals surface area contributed by atoms with Gasteiger partial charge in [0.25, 0.3) is 5.91 Å². The number of benzene rings is 2. The standard InChI is InChI=1S/C21H18F3N3O/c1-14-2-4-15(5-3-14)13-26-18-10-11-25-19(12-18)20(28)27-17-8-6-16(7-9-17)21(22,23)24/h2-12H,13H2,1H3,(H,25,26)(H,27,28). The summed E-state index contributed by atoms with van der Waals surface area (Å²) < 4.78 is 37.8. The molecule has 1 aromatic heterocycles. The Bertz CT molecular complexity index is 952. The number of rotatable bonds is 5. The molecule has 1 heterocycles. The number of amides is 1. The van der Waals surface area contributed by atoms with Crippen LogP contribution < -0.4 is 10.6 Å². The van der Waals surface area contributed by atoms with Crippen molar-refractivity contribution in [3.63, 3.8) is 0 Å². The molecule has 0 aliphatic carbocycles. The van der Waals surface area contributed by atoms with E-state index in [-0.39, 0.29) is 11.4 Å². The maximum atomic E-state index is 12.6. The summed E-state index contributed by atoms with van der Waals surface area (Å²) in [5, 5.41) is 5.77. The lowest BCUT2D eigenvalue weighted by Gasteiger charge is -2.10. The third kappa shape index (κ3) is 5.09. The van der Waals surface area contributed by atoms with Gasteiger partial charge in [0.05, 0.1) is 5.56 Å². The maximum absolute atomic E-state index is 12.6. The van der Waals surface area contributed by atoms with Gasteiger partial charge < -0.3 is 10.6 Å². The number of aromatic nitrogens is 1. The number of alkyl halides is 3. The molecular weight excluding hydrogens is 367 g/mol. The number of nitrogens with one attached hydrogen (secondary N) is 2. The predicted octanol–water partition coefficient (Wildman–Crippen LogP) is 5.27. The Morgan fingerprint density at radius 2 is 1.64 bits per heavy atom. The Balaban J connectivity index is 1.64. The number of pyridine rings is 1. The molecule has 28 heavy (non-hydrogen) atoms. The Morgan fingerprint density at radius 3 is 2.29 bits per heavy atom. The average Bonchev–Trinajstić information content (AvgIpc) is 2.67. The first-order chi connectivity index (χ1) is 13.3. The van der Waals surface area contributed by atoms with Gasteiger partial charge >= 0.3 is 6.18 Å². The fraction of sp³-hybridized carbons (Fsp3) is 0.143. The predicted molar refractivity (Wildman–Crippen MR) is 102 cm³/mol. The first-order valence-electron chi connectivity index (χ1n) is 8.55. The van der Waals surface area contributed by atoms with E-state index in [0.29, 0.717) is 12.2 Å². The number of hydrogen-bond donors (Lipinski definition) is 2. The summed E-state index contributed by atoms with van der Waals surface area (Å²) in [5.74, 6) is -0.501. The molecule has 4 nitrogen and oxygen atoms in total. The van der Waals surface area contributed by atoms with E-state index in [1.165, 1.54) is 23.9 Å². The molecule has 0 spiro atoms. The lowest BCUT2D eigenvalue weighted by molar-refractivity contribution is -0.137. The van der Waals surface area contributed by atoms with Gasteiger partial charge in [-0.3, -0.25) is 9.78 Å². The molecule has 7 heteroatoms. The minimum absolute atomic E-state index is 0.161. The third-order valence-corrected chi connectivity index (χ3v) is 4.08. The van der Waals surface area contributed by atoms with Crippen molar-refractivity contribution in [2.24, 2.45) is 0 Å². The van der Waals surface area contributed by atoms with Gasteiger partial charge in [-0.25, -0.2) is 0 Å². The monoisotopic (exact) mass is 385 g/mol. The van der Waals surface area contributed by atoms with Crippen LogP contribution in [0.3, 0.4) is 0 Å². The van der Waals surface area contributed by atoms with E-state index in [0.717, 1.165) is 17.7 Å². The van der Waals surface area contributed by atoms with Gasteiger partial charge in [0.15, 0.2) is 0 Å². The molecule has 3 rings (SSSR count). The van der Waals surface area contributed by atoms with Gasteiger partial charge in [-0.2, -0.15) is 13.2 Å². The molecule has 0 saturated heterocycles. The summed E-state index contributed by atoms with van der Waals surface area (Å²) in [4.78, 5) is 16.4. The minimum atomic E-state index is -4.42. The van der Waals surface area contributed by atoms with E-state index < -0.39 is 17.6 Å². The average molecular weight is 385 g/mol. The molecule has 2 N–H and O–H groups in total. The van der Waals surface area contributed by atoms with Crippen molar-refractivity contribution in [3.8, 4) is 0 Å². The molecule has 1 amide bonds. The normalized spacial score (nSPS) is 11.1. The van der Waals surface area contributed by atoms with Crippen molar-refractivity contribution in [2.75, 3.05) is 10.6 Å². The van der Waals surface area contributed by atoms with E-state index in [4.69, 9.17) is 0 Å². The van der Waals surface area contributed by atoms with Gasteiger partial charge in [0, 0.05) is 24.1 Å². The second kappa shape index (κ2) is 8.12. The molecule has 0 unspecified atom stereocenters. The summed E-state index contributed by atoms with van der Waals surface area (Å²) in [6.45, 7) is 2.60. The number of hydrogen-bond acceptors (Lipinski definition) is 3. The second-order valence-corrected chi connectivity index (χ2v) is 6.30. The molecule has 0 aliphatic heterocycles. The van der Waals surface area contributed by atoms with Crippen LogP contribution in [0.15, 0.2) is 66.9 Å². The van der Waals surface area contributed by atoms with Crippen LogP contribution in [0.25, 0.3) is 0 Å². The van der Waals surface area contributed by atoms with Crippen molar-refractivity contribution >= 4 is 17.3 Å². The summed E-state index contributed by atoms with van der Waals surface area (Å²) in [5.41, 5.74) is 2.64. The van der Waals surface area contributed by atoms with Crippen molar-refractivity contribution in [3.05, 3.63) is 89.2 Å². The third-order valence-electron chi connectivity index (χ3n) is 4.08. The zero-order valence-electron chi connectivity index (χ0n) is 15.0. The second-order valence-electron chi connectivity index (χ2n) is 6.30. The van der Waals surface area contributed by atoms with Crippen LogP contribution in [-0.4, -0.2) is 10.9 Å². The Labute approximate surface area is 160 Å². The molecular formula is C21H18F3N3O. The molecule has 0 fully saturated rings. The number of aryl methyl sites for hydroxylation is 1. The smallest absolute Gasteiger partial charge is 0.381 e. The number of nitrogens with zero attached hydrogens (tertiary/aromatic N) is 1. The lowest BCUT2D eigenvalue weighted by Crippen LogP contribution is -2.14.